The van der Waals surface area contributed by atoms with Crippen molar-refractivity contribution in [1.29, 1.82) is 0 Å². The summed E-state index contributed by atoms with van der Waals surface area (Å²) in [4.78, 5) is 41.6. The largest absolute Gasteiger partial charge is 0.328 e. The highest BCUT2D eigenvalue weighted by Crippen LogP contribution is 2.32. The summed E-state index contributed by atoms with van der Waals surface area (Å²) >= 11 is 0. The number of aromatic nitrogens is 3. The van der Waals surface area contributed by atoms with Gasteiger partial charge in [-0.15, -0.1) is 0 Å². The van der Waals surface area contributed by atoms with Crippen molar-refractivity contribution in [1.82, 2.24) is 24.8 Å². The fraction of sp³-hybridized carbons (Fsp3) is 0.333. The fourth-order valence-electron chi connectivity index (χ4n) is 4.63. The molecule has 7 nitrogen and oxygen atoms in total. The molecule has 0 unspecified atom stereocenters. The van der Waals surface area contributed by atoms with E-state index in [0.717, 1.165) is 30.8 Å². The average Bonchev–Trinajstić information content (AvgIpc) is 3.30. The highest BCUT2D eigenvalue weighted by atomic mass is 19.1. The summed E-state index contributed by atoms with van der Waals surface area (Å²) in [5.74, 6) is -0.408. The summed E-state index contributed by atoms with van der Waals surface area (Å²) in [6.07, 6.45) is 5.72. The molecular weight excluding hydrogens is 409 g/mol. The van der Waals surface area contributed by atoms with Crippen molar-refractivity contribution in [3.05, 3.63) is 93.2 Å². The van der Waals surface area contributed by atoms with Gasteiger partial charge in [-0.2, -0.15) is 0 Å². The van der Waals surface area contributed by atoms with Gasteiger partial charge in [-0.3, -0.25) is 19.5 Å². The number of likely N-dealkylation sites (tertiary alicyclic amines) is 1. The molecule has 1 fully saturated rings. The van der Waals surface area contributed by atoms with E-state index in [1.165, 1.54) is 12.1 Å². The third-order valence-electron chi connectivity index (χ3n) is 6.23. The minimum absolute atomic E-state index is 0.0470. The summed E-state index contributed by atoms with van der Waals surface area (Å²) in [6.45, 7) is 2.55. The molecule has 2 aliphatic heterocycles. The zero-order chi connectivity index (χ0) is 22.1. The second-order valence-electron chi connectivity index (χ2n) is 8.33. The molecule has 0 aliphatic carbocycles. The number of carbonyl (C=O) groups is 1. The van der Waals surface area contributed by atoms with Gasteiger partial charge in [0.1, 0.15) is 11.6 Å². The number of hydrogen-bond donors (Lipinski definition) is 1. The maximum absolute atomic E-state index is 14.2. The first-order valence-electron chi connectivity index (χ1n) is 10.9. The Morgan fingerprint density at radius 1 is 1.19 bits per heavy atom. The number of halogens is 1. The van der Waals surface area contributed by atoms with E-state index in [4.69, 9.17) is 4.98 Å². The van der Waals surface area contributed by atoms with Crippen LogP contribution in [-0.2, 0) is 19.5 Å². The SMILES string of the molecule is O=C(c1ccccc1F)N1CCC[C@H]1c1nc2c(c(=O)[nH]1)CN(Cc1cccnc1)CC2. The van der Waals surface area contributed by atoms with Gasteiger partial charge in [-0.05, 0) is 36.6 Å². The Bertz CT molecular complexity index is 1200. The Morgan fingerprint density at radius 2 is 2.06 bits per heavy atom. The molecule has 0 radical (unpaired) electrons. The Kier molecular flexibility index (Phi) is 5.53. The molecule has 1 saturated heterocycles. The Hall–Kier alpha value is -3.39. The summed E-state index contributed by atoms with van der Waals surface area (Å²) in [5, 5.41) is 0. The molecule has 1 N–H and O–H groups in total. The molecular formula is C24H24FN5O2. The molecule has 1 amide bonds. The van der Waals surface area contributed by atoms with Crippen molar-refractivity contribution in [2.24, 2.45) is 0 Å². The van der Waals surface area contributed by atoms with Gasteiger partial charge in [0.15, 0.2) is 0 Å². The molecule has 32 heavy (non-hydrogen) atoms. The first kappa shape index (κ1) is 20.5. The van der Waals surface area contributed by atoms with Crippen LogP contribution in [0.4, 0.5) is 4.39 Å². The van der Waals surface area contributed by atoms with Crippen LogP contribution in [0, 0.1) is 5.82 Å². The number of H-pyrrole nitrogens is 1. The highest BCUT2D eigenvalue weighted by Gasteiger charge is 2.34. The molecule has 0 saturated carbocycles. The van der Waals surface area contributed by atoms with Crippen molar-refractivity contribution < 1.29 is 9.18 Å². The quantitative estimate of drug-likeness (QED) is 0.684. The van der Waals surface area contributed by atoms with Crippen LogP contribution in [0.25, 0.3) is 0 Å². The molecule has 164 valence electrons. The number of carbonyl (C=O) groups excluding carboxylic acids is 1. The van der Waals surface area contributed by atoms with E-state index in [9.17, 15) is 14.0 Å². The van der Waals surface area contributed by atoms with E-state index in [-0.39, 0.29) is 23.1 Å². The number of benzene rings is 1. The molecule has 1 aromatic carbocycles. The number of rotatable bonds is 4. The van der Waals surface area contributed by atoms with E-state index < -0.39 is 5.82 Å². The maximum Gasteiger partial charge on any atom is 0.257 e. The van der Waals surface area contributed by atoms with E-state index in [2.05, 4.69) is 14.9 Å². The minimum Gasteiger partial charge on any atom is -0.328 e. The van der Waals surface area contributed by atoms with Crippen LogP contribution in [-0.4, -0.2) is 43.7 Å². The predicted molar refractivity (Wildman–Crippen MR) is 116 cm³/mol. The Balaban J connectivity index is 1.38. The second kappa shape index (κ2) is 8.63. The third kappa shape index (κ3) is 3.93. The van der Waals surface area contributed by atoms with Gasteiger partial charge in [0.05, 0.1) is 22.9 Å². The van der Waals surface area contributed by atoms with Crippen LogP contribution in [0.2, 0.25) is 0 Å². The zero-order valence-electron chi connectivity index (χ0n) is 17.6. The zero-order valence-corrected chi connectivity index (χ0v) is 17.6. The number of nitrogens with one attached hydrogen (secondary N) is 1. The van der Waals surface area contributed by atoms with Gasteiger partial charge < -0.3 is 9.88 Å². The van der Waals surface area contributed by atoms with Crippen LogP contribution in [0.3, 0.4) is 0 Å². The first-order chi connectivity index (χ1) is 15.6. The molecule has 8 heteroatoms. The van der Waals surface area contributed by atoms with Gasteiger partial charge >= 0.3 is 0 Å². The third-order valence-corrected chi connectivity index (χ3v) is 6.23. The summed E-state index contributed by atoms with van der Waals surface area (Å²) in [6, 6.07) is 9.57. The van der Waals surface area contributed by atoms with Crippen LogP contribution in [0.1, 0.15) is 51.9 Å². The van der Waals surface area contributed by atoms with E-state index in [1.54, 1.807) is 23.2 Å². The standard InChI is InChI=1S/C24H24FN5O2/c25-19-7-2-1-6-17(19)24(32)30-11-4-8-21(30)22-27-20-9-12-29(15-18(20)23(31)28-22)14-16-5-3-10-26-13-16/h1-3,5-7,10,13,21H,4,8-9,11-12,14-15H2,(H,27,28,31)/t21-/m0/s1. The van der Waals surface area contributed by atoms with Crippen LogP contribution in [0.5, 0.6) is 0 Å². The molecule has 3 aromatic rings. The fourth-order valence-corrected chi connectivity index (χ4v) is 4.63. The van der Waals surface area contributed by atoms with E-state index in [1.807, 2.05) is 18.3 Å². The summed E-state index contributed by atoms with van der Waals surface area (Å²) in [5.41, 5.74) is 2.45. The van der Waals surface area contributed by atoms with Gasteiger partial charge in [-0.1, -0.05) is 18.2 Å². The summed E-state index contributed by atoms with van der Waals surface area (Å²) < 4.78 is 14.2. The van der Waals surface area contributed by atoms with Crippen LogP contribution < -0.4 is 5.56 Å². The molecule has 2 aliphatic rings. The topological polar surface area (TPSA) is 82.2 Å². The van der Waals surface area contributed by atoms with Gasteiger partial charge in [0.2, 0.25) is 0 Å². The van der Waals surface area contributed by atoms with E-state index >= 15 is 0 Å². The van der Waals surface area contributed by atoms with E-state index in [0.29, 0.717) is 37.3 Å². The van der Waals surface area contributed by atoms with Gasteiger partial charge in [-0.25, -0.2) is 9.37 Å². The van der Waals surface area contributed by atoms with Crippen LogP contribution in [0.15, 0.2) is 53.6 Å². The second-order valence-corrected chi connectivity index (χ2v) is 8.33. The monoisotopic (exact) mass is 433 g/mol. The van der Waals surface area contributed by atoms with Crippen molar-refractivity contribution in [2.75, 3.05) is 13.1 Å². The Morgan fingerprint density at radius 3 is 2.88 bits per heavy atom. The number of fused-ring (bicyclic) bond motifs is 1. The average molecular weight is 433 g/mol. The summed E-state index contributed by atoms with van der Waals surface area (Å²) in [7, 11) is 0. The lowest BCUT2D eigenvalue weighted by Crippen LogP contribution is -2.38. The smallest absolute Gasteiger partial charge is 0.257 e. The highest BCUT2D eigenvalue weighted by molar-refractivity contribution is 5.94. The normalized spacial score (nSPS) is 18.5. The maximum atomic E-state index is 14.2. The van der Waals surface area contributed by atoms with Gasteiger partial charge in [0, 0.05) is 45.0 Å². The van der Waals surface area contributed by atoms with Crippen molar-refractivity contribution in [3.63, 3.8) is 0 Å². The van der Waals surface area contributed by atoms with Crippen LogP contribution >= 0.6 is 0 Å². The predicted octanol–water partition coefficient (Wildman–Crippen LogP) is 2.84. The molecule has 0 spiro atoms. The van der Waals surface area contributed by atoms with Crippen molar-refractivity contribution >= 4 is 5.91 Å². The lowest BCUT2D eigenvalue weighted by Gasteiger charge is -2.29. The molecule has 4 heterocycles. The minimum atomic E-state index is -0.538. The molecule has 5 rings (SSSR count). The van der Waals surface area contributed by atoms with Crippen molar-refractivity contribution in [2.45, 2.75) is 38.4 Å². The molecule has 0 bridgehead atoms. The number of pyridine rings is 1. The lowest BCUT2D eigenvalue weighted by molar-refractivity contribution is 0.0724. The lowest BCUT2D eigenvalue weighted by atomic mass is 10.1. The first-order valence-corrected chi connectivity index (χ1v) is 10.9. The number of aromatic amines is 1. The number of amides is 1. The number of hydrogen-bond acceptors (Lipinski definition) is 5. The van der Waals surface area contributed by atoms with Gasteiger partial charge in [0.25, 0.3) is 11.5 Å². The van der Waals surface area contributed by atoms with Crippen molar-refractivity contribution in [3.8, 4) is 0 Å². The molecule has 1 atom stereocenters. The number of nitrogens with zero attached hydrogens (tertiary/aromatic N) is 4. The Labute approximate surface area is 184 Å². The molecule has 2 aromatic heterocycles.